The quantitative estimate of drug-likeness (QED) is 0.603. The van der Waals surface area contributed by atoms with Gasteiger partial charge >= 0.3 is 0 Å². The second-order valence-corrected chi connectivity index (χ2v) is 6.51. The summed E-state index contributed by atoms with van der Waals surface area (Å²) in [6, 6.07) is 0. The molecule has 3 atom stereocenters. The number of nitrogens with one attached hydrogen (secondary N) is 1. The number of hydrogen-bond acceptors (Lipinski definition) is 3. The number of amides is 2. The van der Waals surface area contributed by atoms with Gasteiger partial charge in [0, 0.05) is 13.1 Å². The van der Waals surface area contributed by atoms with Crippen molar-refractivity contribution in [2.24, 2.45) is 17.3 Å². The molecule has 4 heteroatoms. The summed E-state index contributed by atoms with van der Waals surface area (Å²) in [6.07, 6.45) is 7.77. The highest BCUT2D eigenvalue weighted by Crippen LogP contribution is 2.37. The first-order valence-electron chi connectivity index (χ1n) is 7.32. The Kier molecular flexibility index (Phi) is 3.21. The van der Waals surface area contributed by atoms with Gasteiger partial charge in [-0.1, -0.05) is 19.1 Å². The fraction of sp³-hybridized carbons (Fsp3) is 0.733. The number of carbonyl (C=O) groups excluding carboxylic acids is 2. The van der Waals surface area contributed by atoms with Crippen molar-refractivity contribution >= 4 is 11.8 Å². The van der Waals surface area contributed by atoms with E-state index in [2.05, 4.69) is 12.2 Å². The molecule has 0 radical (unpaired) electrons. The van der Waals surface area contributed by atoms with Gasteiger partial charge in [-0.2, -0.15) is 0 Å². The summed E-state index contributed by atoms with van der Waals surface area (Å²) < 4.78 is 0. The van der Waals surface area contributed by atoms with E-state index in [9.17, 15) is 9.59 Å². The monoisotopic (exact) mass is 262 g/mol. The van der Waals surface area contributed by atoms with Gasteiger partial charge < -0.3 is 5.32 Å². The molecule has 0 aromatic carbocycles. The fourth-order valence-electron chi connectivity index (χ4n) is 3.66. The summed E-state index contributed by atoms with van der Waals surface area (Å²) in [5.74, 6) is -0.0485. The van der Waals surface area contributed by atoms with Crippen molar-refractivity contribution in [2.45, 2.75) is 32.6 Å². The van der Waals surface area contributed by atoms with Crippen molar-refractivity contribution in [1.82, 2.24) is 10.2 Å². The van der Waals surface area contributed by atoms with Crippen LogP contribution in [0.2, 0.25) is 0 Å². The zero-order chi connectivity index (χ0) is 13.5. The molecule has 2 amide bonds. The van der Waals surface area contributed by atoms with Gasteiger partial charge in [-0.05, 0) is 37.6 Å². The zero-order valence-electron chi connectivity index (χ0n) is 11.5. The van der Waals surface area contributed by atoms with Gasteiger partial charge in [-0.3, -0.25) is 14.5 Å². The molecule has 3 unspecified atom stereocenters. The summed E-state index contributed by atoms with van der Waals surface area (Å²) in [5, 5.41) is 3.38. The van der Waals surface area contributed by atoms with Gasteiger partial charge in [-0.25, -0.2) is 0 Å². The van der Waals surface area contributed by atoms with Crippen LogP contribution in [0.1, 0.15) is 32.6 Å². The first kappa shape index (κ1) is 12.9. The van der Waals surface area contributed by atoms with Gasteiger partial charge in [0.2, 0.25) is 11.8 Å². The summed E-state index contributed by atoms with van der Waals surface area (Å²) >= 11 is 0. The van der Waals surface area contributed by atoms with Gasteiger partial charge in [0.15, 0.2) is 0 Å². The second-order valence-electron chi connectivity index (χ2n) is 6.51. The molecule has 0 aromatic heterocycles. The minimum absolute atomic E-state index is 0.0461. The molecule has 1 N–H and O–H groups in total. The smallest absolute Gasteiger partial charge is 0.233 e. The summed E-state index contributed by atoms with van der Waals surface area (Å²) in [7, 11) is 0. The maximum Gasteiger partial charge on any atom is 0.233 e. The number of carbonyl (C=O) groups is 2. The van der Waals surface area contributed by atoms with Gasteiger partial charge in [0.25, 0.3) is 0 Å². The van der Waals surface area contributed by atoms with Crippen molar-refractivity contribution in [2.75, 3.05) is 19.6 Å². The molecule has 19 heavy (non-hydrogen) atoms. The third-order valence-corrected chi connectivity index (χ3v) is 4.82. The molecule has 2 fully saturated rings. The Morgan fingerprint density at radius 2 is 1.89 bits per heavy atom. The summed E-state index contributed by atoms with van der Waals surface area (Å²) in [6.45, 7) is 4.72. The van der Waals surface area contributed by atoms with E-state index >= 15 is 0 Å². The Labute approximate surface area is 114 Å². The molecule has 2 aliphatic heterocycles. The van der Waals surface area contributed by atoms with Crippen LogP contribution in [0.25, 0.3) is 0 Å². The second kappa shape index (κ2) is 4.75. The molecule has 0 aromatic rings. The molecular formula is C15H22N2O2. The van der Waals surface area contributed by atoms with Crippen molar-refractivity contribution in [3.05, 3.63) is 12.2 Å². The van der Waals surface area contributed by atoms with Gasteiger partial charge in [0.05, 0.1) is 11.8 Å². The highest BCUT2D eigenvalue weighted by atomic mass is 16.2. The Morgan fingerprint density at radius 1 is 1.26 bits per heavy atom. The van der Waals surface area contributed by atoms with E-state index in [1.807, 2.05) is 12.2 Å². The largest absolute Gasteiger partial charge is 0.316 e. The number of allylic oxidation sites excluding steroid dienone is 2. The van der Waals surface area contributed by atoms with Crippen LogP contribution < -0.4 is 5.32 Å². The van der Waals surface area contributed by atoms with E-state index < -0.39 is 0 Å². The van der Waals surface area contributed by atoms with E-state index in [1.165, 1.54) is 0 Å². The Morgan fingerprint density at radius 3 is 2.42 bits per heavy atom. The number of piperidine rings is 1. The van der Waals surface area contributed by atoms with Crippen LogP contribution in [0.3, 0.4) is 0 Å². The van der Waals surface area contributed by atoms with Crippen molar-refractivity contribution in [3.8, 4) is 0 Å². The predicted octanol–water partition coefficient (Wildman–Crippen LogP) is 1.33. The molecule has 2 heterocycles. The molecule has 0 spiro atoms. The number of nitrogens with zero attached hydrogens (tertiary/aromatic N) is 1. The third kappa shape index (κ3) is 2.22. The average molecular weight is 262 g/mol. The topological polar surface area (TPSA) is 49.4 Å². The van der Waals surface area contributed by atoms with Crippen LogP contribution in [-0.2, 0) is 9.59 Å². The Bertz CT molecular complexity index is 398. The minimum Gasteiger partial charge on any atom is -0.316 e. The number of hydrogen-bond donors (Lipinski definition) is 1. The highest BCUT2D eigenvalue weighted by molar-refractivity contribution is 6.05. The lowest BCUT2D eigenvalue weighted by Crippen LogP contribution is -2.47. The standard InChI is InChI=1S/C15H22N2O2/c1-15(7-4-8-16-9-15)10-17-13(18)11-5-2-3-6-12(11)14(17)19/h2-3,11-12,16H,4-10H2,1H3. The lowest BCUT2D eigenvalue weighted by Gasteiger charge is -2.36. The molecule has 4 nitrogen and oxygen atoms in total. The molecule has 104 valence electrons. The lowest BCUT2D eigenvalue weighted by atomic mass is 9.82. The van der Waals surface area contributed by atoms with E-state index in [0.29, 0.717) is 6.54 Å². The van der Waals surface area contributed by atoms with E-state index in [1.54, 1.807) is 4.90 Å². The lowest BCUT2D eigenvalue weighted by molar-refractivity contribution is -0.141. The number of fused-ring (bicyclic) bond motifs is 1. The van der Waals surface area contributed by atoms with Crippen LogP contribution in [0.4, 0.5) is 0 Å². The number of rotatable bonds is 2. The SMILES string of the molecule is CC1(CN2C(=O)C3CC=CCC3C2=O)CCCNC1. The van der Waals surface area contributed by atoms with Crippen molar-refractivity contribution < 1.29 is 9.59 Å². The third-order valence-electron chi connectivity index (χ3n) is 4.82. The molecule has 1 aliphatic carbocycles. The Hall–Kier alpha value is -1.16. The molecule has 2 saturated heterocycles. The summed E-state index contributed by atoms with van der Waals surface area (Å²) in [5.41, 5.74) is 0.0461. The molecular weight excluding hydrogens is 240 g/mol. The van der Waals surface area contributed by atoms with Gasteiger partial charge in [-0.15, -0.1) is 0 Å². The van der Waals surface area contributed by atoms with Gasteiger partial charge in [0.1, 0.15) is 0 Å². The van der Waals surface area contributed by atoms with Crippen LogP contribution in [0, 0.1) is 17.3 Å². The van der Waals surface area contributed by atoms with Crippen LogP contribution in [0.5, 0.6) is 0 Å². The van der Waals surface area contributed by atoms with Crippen LogP contribution in [0.15, 0.2) is 12.2 Å². The van der Waals surface area contributed by atoms with Crippen molar-refractivity contribution in [1.29, 1.82) is 0 Å². The van der Waals surface area contributed by atoms with E-state index in [4.69, 9.17) is 0 Å². The molecule has 0 bridgehead atoms. The summed E-state index contributed by atoms with van der Waals surface area (Å²) in [4.78, 5) is 26.4. The number of imide groups is 1. The first-order chi connectivity index (χ1) is 9.11. The van der Waals surface area contributed by atoms with E-state index in [0.717, 1.165) is 38.8 Å². The molecule has 3 aliphatic rings. The fourth-order valence-corrected chi connectivity index (χ4v) is 3.66. The Balaban J connectivity index is 1.74. The normalized spacial score (nSPS) is 38.7. The predicted molar refractivity (Wildman–Crippen MR) is 72.3 cm³/mol. The maximum absolute atomic E-state index is 12.4. The number of likely N-dealkylation sites (tertiary alicyclic amines) is 1. The zero-order valence-corrected chi connectivity index (χ0v) is 11.5. The van der Waals surface area contributed by atoms with Crippen molar-refractivity contribution in [3.63, 3.8) is 0 Å². The highest BCUT2D eigenvalue weighted by Gasteiger charge is 2.48. The average Bonchev–Trinajstić information content (AvgIpc) is 2.65. The minimum atomic E-state index is -0.0855. The van der Waals surface area contributed by atoms with Crippen LogP contribution >= 0.6 is 0 Å². The van der Waals surface area contributed by atoms with Crippen LogP contribution in [-0.4, -0.2) is 36.3 Å². The molecule has 0 saturated carbocycles. The maximum atomic E-state index is 12.4. The van der Waals surface area contributed by atoms with E-state index in [-0.39, 0.29) is 29.1 Å². The molecule has 3 rings (SSSR count). The first-order valence-corrected chi connectivity index (χ1v) is 7.32.